The van der Waals surface area contributed by atoms with Crippen molar-refractivity contribution in [2.75, 3.05) is 0 Å². The van der Waals surface area contributed by atoms with E-state index in [0.717, 1.165) is 0 Å². The van der Waals surface area contributed by atoms with Crippen molar-refractivity contribution in [3.8, 4) is 0 Å². The van der Waals surface area contributed by atoms with E-state index in [4.69, 9.17) is 23.7 Å². The number of carboxylic acid groups (broad SMARTS) is 1. The Labute approximate surface area is 322 Å². The van der Waals surface area contributed by atoms with Gasteiger partial charge >= 0.3 is 5.97 Å². The molecule has 5 rings (SSSR count). The topological polar surface area (TPSA) is 181 Å². The van der Waals surface area contributed by atoms with Crippen LogP contribution < -0.4 is 0 Å². The van der Waals surface area contributed by atoms with Gasteiger partial charge in [-0.2, -0.15) is 0 Å². The molecule has 0 aromatic rings. The number of Topliss-reactive ketones (excluding diaryl/α,β-unsaturated/α-hetero) is 1. The number of carbonyl (C=O) groups excluding carboxylic acids is 1. The molecule has 54 heavy (non-hydrogen) atoms. The number of hydrogen-bond acceptors (Lipinski definition) is 11. The van der Waals surface area contributed by atoms with E-state index in [-0.39, 0.29) is 42.2 Å². The van der Waals surface area contributed by atoms with E-state index < -0.39 is 89.0 Å². The number of ketones is 1. The van der Waals surface area contributed by atoms with E-state index in [1.54, 1.807) is 32.9 Å². The minimum atomic E-state index is -1.39. The summed E-state index contributed by atoms with van der Waals surface area (Å²) in [6.45, 7) is 19.0. The highest BCUT2D eigenvalue weighted by atomic mass is 16.8. The Hall–Kier alpha value is -1.48. The largest absolute Gasteiger partial charge is 0.481 e. The molecule has 2 spiro atoms. The average molecular weight is 767 g/mol. The van der Waals surface area contributed by atoms with Gasteiger partial charge < -0.3 is 49.2 Å². The standard InChI is InChI=1S/C42H70O12/c1-11-28(38(47)48)31-21-30(43)24(6)37(51-31)26(8)34(45)25(7)35(46)29(12-2)36-22(4)20-23(5)41(52-36)17-14-32(44)42(54-41)19-18-39(10,53-42)33-15-16-40(49,13-3)27(9)50-33/h14,17,22-34,36-37,43-45,49H,11-13,15-16,18-21H2,1-10H3,(H,47,48). The summed E-state index contributed by atoms with van der Waals surface area (Å²) in [7, 11) is 0. The van der Waals surface area contributed by atoms with Gasteiger partial charge in [-0.25, -0.2) is 0 Å². The zero-order valence-corrected chi connectivity index (χ0v) is 34.3. The molecule has 19 atom stereocenters. The molecule has 5 N–H and O–H groups in total. The fraction of sp³-hybridized carbons (Fsp3) is 0.905. The van der Waals surface area contributed by atoms with Crippen molar-refractivity contribution < 1.29 is 58.8 Å². The van der Waals surface area contributed by atoms with Crippen molar-refractivity contribution in [3.05, 3.63) is 12.2 Å². The third-order valence-electron chi connectivity index (χ3n) is 14.6. The third kappa shape index (κ3) is 7.86. The van der Waals surface area contributed by atoms with Crippen LogP contribution in [0.1, 0.15) is 127 Å². The van der Waals surface area contributed by atoms with Crippen molar-refractivity contribution in [1.29, 1.82) is 0 Å². The van der Waals surface area contributed by atoms with E-state index in [2.05, 4.69) is 6.92 Å². The Balaban J connectivity index is 1.32. The van der Waals surface area contributed by atoms with E-state index in [0.29, 0.717) is 51.4 Å². The molecule has 0 aliphatic carbocycles. The molecule has 0 bridgehead atoms. The Morgan fingerprint density at radius 3 is 2.17 bits per heavy atom. The van der Waals surface area contributed by atoms with Gasteiger partial charge in [0, 0.05) is 42.4 Å². The van der Waals surface area contributed by atoms with Crippen LogP contribution in [0, 0.1) is 41.4 Å². The SMILES string of the molecule is CCC(C(=O)O)C1CC(O)C(C)C(C(C)C(O)C(C)C(=O)C(CC)C2OC3(C=CC(O)C4(CCC(C)(C5CCC(O)(CC)C(C)O5)O4)O3)C(C)CC2C)O1. The maximum atomic E-state index is 14.4. The zero-order valence-electron chi connectivity index (χ0n) is 34.3. The number of carboxylic acids is 1. The van der Waals surface area contributed by atoms with Crippen molar-refractivity contribution in [1.82, 2.24) is 0 Å². The van der Waals surface area contributed by atoms with Crippen molar-refractivity contribution in [2.24, 2.45) is 41.4 Å². The van der Waals surface area contributed by atoms with Crippen LogP contribution in [0.15, 0.2) is 12.2 Å². The first-order valence-electron chi connectivity index (χ1n) is 20.8. The van der Waals surface area contributed by atoms with E-state index in [1.807, 2.05) is 41.5 Å². The molecule has 0 saturated carbocycles. The molecule has 4 saturated heterocycles. The summed E-state index contributed by atoms with van der Waals surface area (Å²) < 4.78 is 33.3. The summed E-state index contributed by atoms with van der Waals surface area (Å²) in [4.78, 5) is 26.4. The number of aliphatic hydroxyl groups is 4. The second kappa shape index (κ2) is 16.4. The van der Waals surface area contributed by atoms with Gasteiger partial charge in [0.1, 0.15) is 11.9 Å². The van der Waals surface area contributed by atoms with Gasteiger partial charge in [0.05, 0.1) is 59.8 Å². The molecule has 4 fully saturated rings. The van der Waals surface area contributed by atoms with Gasteiger partial charge in [0.15, 0.2) is 5.79 Å². The van der Waals surface area contributed by atoms with Gasteiger partial charge in [0.25, 0.3) is 0 Å². The first-order chi connectivity index (χ1) is 25.2. The Bertz CT molecular complexity index is 1360. The highest BCUT2D eigenvalue weighted by molar-refractivity contribution is 5.84. The quantitative estimate of drug-likeness (QED) is 0.165. The lowest BCUT2D eigenvalue weighted by atomic mass is 9.72. The summed E-state index contributed by atoms with van der Waals surface area (Å²) in [5, 5.41) is 54.9. The summed E-state index contributed by atoms with van der Waals surface area (Å²) in [6, 6.07) is 0. The minimum absolute atomic E-state index is 0.0232. The lowest BCUT2D eigenvalue weighted by Crippen LogP contribution is -2.63. The number of carbonyl (C=O) groups is 2. The number of rotatable bonds is 12. The molecule has 0 amide bonds. The first kappa shape index (κ1) is 43.6. The van der Waals surface area contributed by atoms with Crippen LogP contribution in [0.3, 0.4) is 0 Å². The normalized spacial score (nSPS) is 46.9. The number of hydrogen-bond donors (Lipinski definition) is 5. The van der Waals surface area contributed by atoms with Crippen molar-refractivity contribution in [2.45, 2.75) is 199 Å². The van der Waals surface area contributed by atoms with Crippen LogP contribution >= 0.6 is 0 Å². The predicted molar refractivity (Wildman–Crippen MR) is 200 cm³/mol. The minimum Gasteiger partial charge on any atom is -0.481 e. The van der Waals surface area contributed by atoms with Crippen LogP contribution in [-0.2, 0) is 33.3 Å². The molecule has 0 radical (unpaired) electrons. The van der Waals surface area contributed by atoms with Gasteiger partial charge in [-0.05, 0) is 76.9 Å². The summed E-state index contributed by atoms with van der Waals surface area (Å²) in [6.07, 6.45) is 2.39. The van der Waals surface area contributed by atoms with Crippen LogP contribution in [0.25, 0.3) is 0 Å². The fourth-order valence-corrected chi connectivity index (χ4v) is 10.5. The van der Waals surface area contributed by atoms with Gasteiger partial charge in [-0.1, -0.05) is 55.4 Å². The van der Waals surface area contributed by atoms with Crippen LogP contribution in [0.5, 0.6) is 0 Å². The molecule has 5 aliphatic rings. The second-order valence-electron chi connectivity index (χ2n) is 18.0. The molecule has 0 aromatic heterocycles. The number of aliphatic carboxylic acids is 1. The Morgan fingerprint density at radius 2 is 1.57 bits per heavy atom. The fourth-order valence-electron chi connectivity index (χ4n) is 10.5. The highest BCUT2D eigenvalue weighted by Gasteiger charge is 2.63. The van der Waals surface area contributed by atoms with Crippen molar-refractivity contribution >= 4 is 11.8 Å². The van der Waals surface area contributed by atoms with Gasteiger partial charge in [-0.15, -0.1) is 0 Å². The monoisotopic (exact) mass is 766 g/mol. The maximum absolute atomic E-state index is 14.4. The average Bonchev–Trinajstić information content (AvgIpc) is 3.47. The van der Waals surface area contributed by atoms with Crippen LogP contribution in [-0.4, -0.2) is 109 Å². The first-order valence-corrected chi connectivity index (χ1v) is 20.8. The van der Waals surface area contributed by atoms with E-state index >= 15 is 0 Å². The molecular weight excluding hydrogens is 696 g/mol. The van der Waals surface area contributed by atoms with E-state index in [1.165, 1.54) is 0 Å². The lowest BCUT2D eigenvalue weighted by molar-refractivity contribution is -0.409. The van der Waals surface area contributed by atoms with Crippen molar-refractivity contribution in [3.63, 3.8) is 0 Å². The number of ether oxygens (including phenoxy) is 5. The Kier molecular flexibility index (Phi) is 13.3. The zero-order chi connectivity index (χ0) is 40.1. The Morgan fingerprint density at radius 1 is 0.907 bits per heavy atom. The van der Waals surface area contributed by atoms with E-state index in [9.17, 15) is 35.1 Å². The smallest absolute Gasteiger partial charge is 0.309 e. The molecule has 5 heterocycles. The molecule has 5 aliphatic heterocycles. The van der Waals surface area contributed by atoms with Crippen LogP contribution in [0.4, 0.5) is 0 Å². The lowest BCUT2D eigenvalue weighted by Gasteiger charge is -2.54. The molecule has 0 aromatic carbocycles. The third-order valence-corrected chi connectivity index (χ3v) is 14.6. The number of aliphatic hydroxyl groups excluding tert-OH is 3. The second-order valence-corrected chi connectivity index (χ2v) is 18.0. The summed E-state index contributed by atoms with van der Waals surface area (Å²) in [5.41, 5.74) is -1.66. The maximum Gasteiger partial charge on any atom is 0.309 e. The molecule has 12 nitrogen and oxygen atoms in total. The molecule has 310 valence electrons. The summed E-state index contributed by atoms with van der Waals surface area (Å²) >= 11 is 0. The van der Waals surface area contributed by atoms with Crippen LogP contribution in [0.2, 0.25) is 0 Å². The summed E-state index contributed by atoms with van der Waals surface area (Å²) in [5.74, 6) is -7.05. The van der Waals surface area contributed by atoms with Gasteiger partial charge in [-0.3, -0.25) is 9.59 Å². The predicted octanol–water partition coefficient (Wildman–Crippen LogP) is 5.16. The molecule has 19 unspecified atom stereocenters. The molecular formula is C42H70O12. The van der Waals surface area contributed by atoms with Gasteiger partial charge in [0.2, 0.25) is 5.79 Å². The molecule has 12 heteroatoms. The highest BCUT2D eigenvalue weighted by Crippen LogP contribution is 2.54.